The first-order valence-electron chi connectivity index (χ1n) is 14.2. The number of benzene rings is 2. The maximum Gasteiger partial charge on any atom is 0.298 e. The number of unbranched alkanes of at least 4 members (excludes halogenated alkanes) is 1. The zero-order valence-electron chi connectivity index (χ0n) is 23.7. The van der Waals surface area contributed by atoms with Gasteiger partial charge in [-0.2, -0.15) is 0 Å². The van der Waals surface area contributed by atoms with Crippen molar-refractivity contribution in [3.63, 3.8) is 0 Å². The van der Waals surface area contributed by atoms with Gasteiger partial charge in [0.2, 0.25) is 10.0 Å². The quantitative estimate of drug-likeness (QED) is 0.264. The van der Waals surface area contributed by atoms with Crippen LogP contribution in [0, 0.1) is 17.3 Å². The lowest BCUT2D eigenvalue weighted by atomic mass is 9.86. The Hall–Kier alpha value is -2.93. The SMILES string of the molecule is CCCC[C@H]1Cc2c([nH]c3ccc(F)cc23)[C@H](c2ccc(S(=O)(=O)NC3CCC3)cc2)N1C(=O)C#C[Si](C)(C)C. The van der Waals surface area contributed by atoms with E-state index < -0.39 is 24.1 Å². The van der Waals surface area contributed by atoms with Crippen molar-refractivity contribution in [1.29, 1.82) is 0 Å². The molecule has 9 heteroatoms. The monoisotopic (exact) mass is 579 g/mol. The first kappa shape index (κ1) is 28.6. The number of aromatic nitrogens is 1. The number of carbonyl (C=O) groups is 1. The summed E-state index contributed by atoms with van der Waals surface area (Å²) in [4.78, 5) is 19.4. The zero-order valence-corrected chi connectivity index (χ0v) is 25.5. The number of fused-ring (bicyclic) bond motifs is 3. The van der Waals surface area contributed by atoms with E-state index in [1.165, 1.54) is 6.07 Å². The van der Waals surface area contributed by atoms with Gasteiger partial charge < -0.3 is 9.88 Å². The van der Waals surface area contributed by atoms with Crippen LogP contribution in [0.5, 0.6) is 0 Å². The van der Waals surface area contributed by atoms with E-state index in [1.54, 1.807) is 36.4 Å². The molecular formula is C31H38FN3O3SSi. The van der Waals surface area contributed by atoms with Crippen molar-refractivity contribution in [2.75, 3.05) is 0 Å². The van der Waals surface area contributed by atoms with Crippen LogP contribution < -0.4 is 4.72 Å². The number of aromatic amines is 1. The predicted molar refractivity (Wildman–Crippen MR) is 159 cm³/mol. The van der Waals surface area contributed by atoms with Crippen molar-refractivity contribution in [2.45, 2.75) is 94.5 Å². The second kappa shape index (κ2) is 11.2. The molecule has 0 spiro atoms. The average Bonchev–Trinajstić information content (AvgIpc) is 3.24. The van der Waals surface area contributed by atoms with E-state index in [2.05, 4.69) is 47.7 Å². The third-order valence-corrected chi connectivity index (χ3v) is 10.3. The third kappa shape index (κ3) is 5.90. The molecule has 0 saturated heterocycles. The molecular weight excluding hydrogens is 542 g/mol. The molecule has 1 saturated carbocycles. The highest BCUT2D eigenvalue weighted by molar-refractivity contribution is 7.89. The molecule has 2 aromatic carbocycles. The Bertz CT molecular complexity index is 1580. The van der Waals surface area contributed by atoms with Crippen LogP contribution in [-0.4, -0.2) is 44.4 Å². The molecule has 0 bridgehead atoms. The van der Waals surface area contributed by atoms with Gasteiger partial charge >= 0.3 is 0 Å². The molecule has 40 heavy (non-hydrogen) atoms. The molecule has 1 amide bonds. The summed E-state index contributed by atoms with van der Waals surface area (Å²) in [5.74, 6) is 2.43. The zero-order chi connectivity index (χ0) is 28.7. The number of nitrogens with zero attached hydrogens (tertiary/aromatic N) is 1. The van der Waals surface area contributed by atoms with Crippen molar-refractivity contribution in [3.05, 3.63) is 65.1 Å². The van der Waals surface area contributed by atoms with E-state index in [1.807, 2.05) is 4.90 Å². The summed E-state index contributed by atoms with van der Waals surface area (Å²) in [6.07, 6.45) is 6.09. The molecule has 1 fully saturated rings. The Morgan fingerprint density at radius 2 is 1.88 bits per heavy atom. The summed E-state index contributed by atoms with van der Waals surface area (Å²) in [5, 5.41) is 0.825. The molecule has 2 heterocycles. The minimum Gasteiger partial charge on any atom is -0.356 e. The van der Waals surface area contributed by atoms with Crippen LogP contribution in [0.4, 0.5) is 4.39 Å². The second-order valence-electron chi connectivity index (χ2n) is 12.1. The van der Waals surface area contributed by atoms with Gasteiger partial charge in [-0.15, -0.1) is 5.54 Å². The summed E-state index contributed by atoms with van der Waals surface area (Å²) >= 11 is 0. The molecule has 0 radical (unpaired) electrons. The van der Waals surface area contributed by atoms with Gasteiger partial charge in [0.1, 0.15) is 13.9 Å². The van der Waals surface area contributed by atoms with Gasteiger partial charge in [0, 0.05) is 28.7 Å². The van der Waals surface area contributed by atoms with Crippen molar-refractivity contribution < 1.29 is 17.6 Å². The van der Waals surface area contributed by atoms with Crippen molar-refractivity contribution in [1.82, 2.24) is 14.6 Å². The number of amides is 1. The highest BCUT2D eigenvalue weighted by Crippen LogP contribution is 2.42. The van der Waals surface area contributed by atoms with E-state index >= 15 is 0 Å². The molecule has 1 aromatic heterocycles. The Morgan fingerprint density at radius 3 is 2.50 bits per heavy atom. The fourth-order valence-corrected chi connectivity index (χ4v) is 7.40. The Balaban J connectivity index is 1.62. The number of H-pyrrole nitrogens is 1. The Kier molecular flexibility index (Phi) is 7.97. The molecule has 3 aromatic rings. The summed E-state index contributed by atoms with van der Waals surface area (Å²) in [6, 6.07) is 10.9. The topological polar surface area (TPSA) is 82.3 Å². The van der Waals surface area contributed by atoms with Crippen LogP contribution in [0.3, 0.4) is 0 Å². The number of sulfonamides is 1. The molecule has 5 rings (SSSR count). The maximum absolute atomic E-state index is 14.3. The number of carbonyl (C=O) groups excluding carboxylic acids is 1. The molecule has 2 atom stereocenters. The van der Waals surface area contributed by atoms with Gasteiger partial charge in [-0.05, 0) is 73.1 Å². The third-order valence-electron chi connectivity index (χ3n) is 7.89. The molecule has 0 unspecified atom stereocenters. The van der Waals surface area contributed by atoms with Gasteiger partial charge in [-0.1, -0.05) is 58.0 Å². The minimum absolute atomic E-state index is 0.00491. The average molecular weight is 580 g/mol. The summed E-state index contributed by atoms with van der Waals surface area (Å²) in [7, 11) is -5.44. The standard InChI is InChI=1S/C31H38FN3O3SSi/c1-5-6-10-24-20-27-26-19-22(32)13-16-28(26)33-30(27)31(35(24)29(36)17-18-40(2,3)4)21-11-14-25(15-12-21)39(37,38)34-23-8-7-9-23/h11-16,19,23-24,31,33-34H,5-10,20H2,1-4H3/t24-,31-/m0/s1. The van der Waals surface area contributed by atoms with E-state index in [-0.39, 0.29) is 28.7 Å². The molecule has 6 nitrogen and oxygen atoms in total. The van der Waals surface area contributed by atoms with Crippen molar-refractivity contribution in [2.24, 2.45) is 0 Å². The number of hydrogen-bond donors (Lipinski definition) is 2. The molecule has 2 N–H and O–H groups in total. The lowest BCUT2D eigenvalue weighted by Crippen LogP contribution is -2.47. The maximum atomic E-state index is 14.3. The highest BCUT2D eigenvalue weighted by Gasteiger charge is 2.40. The number of halogens is 1. The number of nitrogens with one attached hydrogen (secondary N) is 2. The largest absolute Gasteiger partial charge is 0.356 e. The van der Waals surface area contributed by atoms with Crippen LogP contribution in [-0.2, 0) is 21.2 Å². The predicted octanol–water partition coefficient (Wildman–Crippen LogP) is 6.05. The van der Waals surface area contributed by atoms with E-state index in [4.69, 9.17) is 0 Å². The van der Waals surface area contributed by atoms with Crippen LogP contribution in [0.15, 0.2) is 47.4 Å². The van der Waals surface area contributed by atoms with Gasteiger partial charge in [0.05, 0.1) is 10.9 Å². The summed E-state index contributed by atoms with van der Waals surface area (Å²) in [6.45, 7) is 8.45. The molecule has 2 aliphatic rings. The fraction of sp³-hybridized carbons (Fsp3) is 0.452. The van der Waals surface area contributed by atoms with Gasteiger partial charge in [0.25, 0.3) is 5.91 Å². The van der Waals surface area contributed by atoms with Gasteiger partial charge in [0.15, 0.2) is 0 Å². The first-order valence-corrected chi connectivity index (χ1v) is 19.2. The highest BCUT2D eigenvalue weighted by atomic mass is 32.2. The number of rotatable bonds is 7. The molecule has 1 aliphatic heterocycles. The van der Waals surface area contributed by atoms with Crippen LogP contribution in [0.25, 0.3) is 10.9 Å². The Labute approximate surface area is 237 Å². The summed E-state index contributed by atoms with van der Waals surface area (Å²) < 4.78 is 43.0. The van der Waals surface area contributed by atoms with Gasteiger partial charge in [-0.25, -0.2) is 17.5 Å². The lowest BCUT2D eigenvalue weighted by molar-refractivity contribution is -0.130. The number of hydrogen-bond acceptors (Lipinski definition) is 3. The smallest absolute Gasteiger partial charge is 0.298 e. The van der Waals surface area contributed by atoms with Gasteiger partial charge in [-0.3, -0.25) is 4.79 Å². The molecule has 1 aliphatic carbocycles. The van der Waals surface area contributed by atoms with Crippen molar-refractivity contribution >= 4 is 34.9 Å². The molecule has 212 valence electrons. The second-order valence-corrected chi connectivity index (χ2v) is 18.6. The minimum atomic E-state index is -3.63. The van der Waals surface area contributed by atoms with Crippen LogP contribution in [0.2, 0.25) is 19.6 Å². The first-order chi connectivity index (χ1) is 19.0. The van der Waals surface area contributed by atoms with E-state index in [0.29, 0.717) is 6.42 Å². The van der Waals surface area contributed by atoms with Crippen molar-refractivity contribution in [3.8, 4) is 11.5 Å². The van der Waals surface area contributed by atoms with E-state index in [9.17, 15) is 17.6 Å². The van der Waals surface area contributed by atoms with Crippen LogP contribution in [0.1, 0.15) is 68.3 Å². The summed E-state index contributed by atoms with van der Waals surface area (Å²) in [5.41, 5.74) is 6.68. The Morgan fingerprint density at radius 1 is 1.15 bits per heavy atom. The van der Waals surface area contributed by atoms with Crippen LogP contribution >= 0.6 is 0 Å². The lowest BCUT2D eigenvalue weighted by Gasteiger charge is -2.41. The normalized spacial score (nSPS) is 19.6. The fourth-order valence-electron chi connectivity index (χ4n) is 5.62. The van der Waals surface area contributed by atoms with E-state index in [0.717, 1.165) is 66.2 Å².